The third kappa shape index (κ3) is 3.05. The van der Waals surface area contributed by atoms with Crippen molar-refractivity contribution in [2.75, 3.05) is 18.0 Å². The van der Waals surface area contributed by atoms with Gasteiger partial charge in [-0.05, 0) is 30.3 Å². The van der Waals surface area contributed by atoms with Crippen LogP contribution < -0.4 is 10.5 Å². The fourth-order valence-electron chi connectivity index (χ4n) is 2.90. The number of halogens is 1. The van der Waals surface area contributed by atoms with Gasteiger partial charge in [0.2, 0.25) is 0 Å². The van der Waals surface area contributed by atoms with Crippen LogP contribution in [0.2, 0.25) is 5.02 Å². The molecule has 2 aromatic heterocycles. The first-order valence-electron chi connectivity index (χ1n) is 8.11. The van der Waals surface area contributed by atoms with E-state index in [9.17, 15) is 4.79 Å². The molecule has 0 bridgehead atoms. The van der Waals surface area contributed by atoms with Gasteiger partial charge in [-0.3, -0.25) is 4.79 Å². The second-order valence-electron chi connectivity index (χ2n) is 6.08. The lowest BCUT2D eigenvalue weighted by atomic mass is 10.1. The summed E-state index contributed by atoms with van der Waals surface area (Å²) in [6.45, 7) is 1.30. The molecule has 0 radical (unpaired) electrons. The van der Waals surface area contributed by atoms with Gasteiger partial charge in [0.1, 0.15) is 11.9 Å². The molecular weight excluding hydrogens is 350 g/mol. The van der Waals surface area contributed by atoms with Crippen LogP contribution >= 0.6 is 11.6 Å². The molecule has 0 atom stereocenters. The maximum absolute atomic E-state index is 12.2. The van der Waals surface area contributed by atoms with Gasteiger partial charge in [0, 0.05) is 35.9 Å². The van der Waals surface area contributed by atoms with E-state index < -0.39 is 0 Å². The normalized spacial score (nSPS) is 13.9. The molecule has 0 saturated carbocycles. The Morgan fingerprint density at radius 1 is 1.08 bits per heavy atom. The zero-order valence-electron chi connectivity index (χ0n) is 13.7. The first kappa shape index (κ1) is 16.3. The number of nitrogens with zero attached hydrogens (tertiary/aromatic N) is 5. The maximum atomic E-state index is 12.2. The summed E-state index contributed by atoms with van der Waals surface area (Å²) in [6, 6.07) is 16.2. The predicted octanol–water partition coefficient (Wildman–Crippen LogP) is 2.89. The second kappa shape index (κ2) is 6.62. The molecule has 1 aromatic carbocycles. The zero-order valence-corrected chi connectivity index (χ0v) is 14.5. The molecular formula is C19H14ClN5O. The van der Waals surface area contributed by atoms with Gasteiger partial charge in [-0.1, -0.05) is 23.7 Å². The van der Waals surface area contributed by atoms with E-state index in [1.54, 1.807) is 36.5 Å². The van der Waals surface area contributed by atoms with E-state index in [0.717, 1.165) is 17.1 Å². The van der Waals surface area contributed by atoms with Crippen molar-refractivity contribution in [1.82, 2.24) is 14.8 Å². The van der Waals surface area contributed by atoms with Gasteiger partial charge in [0.05, 0.1) is 17.3 Å². The molecule has 0 unspecified atom stereocenters. The lowest BCUT2D eigenvalue weighted by Gasteiger charge is -2.40. The first-order valence-corrected chi connectivity index (χ1v) is 8.49. The Morgan fingerprint density at radius 3 is 2.50 bits per heavy atom. The standard InChI is InChI=1S/C19H14ClN5O/c20-15-4-2-14(3-5-15)17-6-8-19(26)25(23-17)16-11-24(12-16)18-7-1-13(9-21)10-22-18/h1-8,10,16H,11-12H2. The molecule has 26 heavy (non-hydrogen) atoms. The number of aromatic nitrogens is 3. The zero-order chi connectivity index (χ0) is 18.1. The van der Waals surface area contributed by atoms with Crippen LogP contribution in [-0.2, 0) is 0 Å². The summed E-state index contributed by atoms with van der Waals surface area (Å²) in [4.78, 5) is 18.6. The lowest BCUT2D eigenvalue weighted by Crippen LogP contribution is -2.51. The van der Waals surface area contributed by atoms with Crippen molar-refractivity contribution in [3.8, 4) is 17.3 Å². The minimum atomic E-state index is -0.125. The number of hydrogen-bond donors (Lipinski definition) is 0. The van der Waals surface area contributed by atoms with Crippen molar-refractivity contribution in [3.63, 3.8) is 0 Å². The molecule has 0 N–H and O–H groups in total. The van der Waals surface area contributed by atoms with Crippen LogP contribution in [0, 0.1) is 11.3 Å². The van der Waals surface area contributed by atoms with Crippen LogP contribution in [0.25, 0.3) is 11.3 Å². The Kier molecular flexibility index (Phi) is 4.15. The fraction of sp³-hybridized carbons (Fsp3) is 0.158. The molecule has 1 aliphatic heterocycles. The van der Waals surface area contributed by atoms with Crippen LogP contribution in [0.1, 0.15) is 11.6 Å². The number of anilines is 1. The average Bonchev–Trinajstić information content (AvgIpc) is 2.63. The van der Waals surface area contributed by atoms with Gasteiger partial charge >= 0.3 is 0 Å². The summed E-state index contributed by atoms with van der Waals surface area (Å²) in [7, 11) is 0. The smallest absolute Gasteiger partial charge is 0.267 e. The van der Waals surface area contributed by atoms with Gasteiger partial charge in [-0.25, -0.2) is 9.67 Å². The van der Waals surface area contributed by atoms with Gasteiger partial charge in [-0.2, -0.15) is 10.4 Å². The van der Waals surface area contributed by atoms with Crippen LogP contribution in [0.3, 0.4) is 0 Å². The number of benzene rings is 1. The van der Waals surface area contributed by atoms with Gasteiger partial charge in [0.25, 0.3) is 5.56 Å². The predicted molar refractivity (Wildman–Crippen MR) is 99.1 cm³/mol. The van der Waals surface area contributed by atoms with Crippen molar-refractivity contribution in [2.24, 2.45) is 0 Å². The van der Waals surface area contributed by atoms with E-state index >= 15 is 0 Å². The molecule has 3 heterocycles. The van der Waals surface area contributed by atoms with Crippen molar-refractivity contribution in [1.29, 1.82) is 5.26 Å². The van der Waals surface area contributed by atoms with Crippen LogP contribution in [-0.4, -0.2) is 27.9 Å². The molecule has 3 aromatic rings. The molecule has 0 spiro atoms. The summed E-state index contributed by atoms with van der Waals surface area (Å²) in [6.07, 6.45) is 1.55. The monoisotopic (exact) mass is 363 g/mol. The average molecular weight is 364 g/mol. The molecule has 1 fully saturated rings. The minimum absolute atomic E-state index is 0.00723. The minimum Gasteiger partial charge on any atom is -0.352 e. The summed E-state index contributed by atoms with van der Waals surface area (Å²) < 4.78 is 1.53. The van der Waals surface area contributed by atoms with Crippen molar-refractivity contribution < 1.29 is 0 Å². The molecule has 1 aliphatic rings. The number of nitriles is 1. The fourth-order valence-corrected chi connectivity index (χ4v) is 3.02. The van der Waals surface area contributed by atoms with E-state index in [0.29, 0.717) is 23.7 Å². The Balaban J connectivity index is 1.53. The first-order chi connectivity index (χ1) is 12.6. The van der Waals surface area contributed by atoms with E-state index in [4.69, 9.17) is 16.9 Å². The summed E-state index contributed by atoms with van der Waals surface area (Å²) in [5.41, 5.74) is 2.05. The van der Waals surface area contributed by atoms with Crippen molar-refractivity contribution in [2.45, 2.75) is 6.04 Å². The molecule has 0 aliphatic carbocycles. The Morgan fingerprint density at radius 2 is 1.85 bits per heavy atom. The van der Waals surface area contributed by atoms with Crippen LogP contribution in [0.4, 0.5) is 5.82 Å². The Hall–Kier alpha value is -3.17. The van der Waals surface area contributed by atoms with Gasteiger partial charge in [0.15, 0.2) is 0 Å². The van der Waals surface area contributed by atoms with Gasteiger partial charge in [-0.15, -0.1) is 0 Å². The maximum Gasteiger partial charge on any atom is 0.267 e. The highest BCUT2D eigenvalue weighted by atomic mass is 35.5. The second-order valence-corrected chi connectivity index (χ2v) is 6.52. The number of pyridine rings is 1. The van der Waals surface area contributed by atoms with Crippen LogP contribution in [0.5, 0.6) is 0 Å². The summed E-state index contributed by atoms with van der Waals surface area (Å²) in [5.74, 6) is 0.794. The Bertz CT molecular complexity index is 1030. The highest BCUT2D eigenvalue weighted by Gasteiger charge is 2.30. The van der Waals surface area contributed by atoms with E-state index in [1.807, 2.05) is 18.2 Å². The van der Waals surface area contributed by atoms with E-state index in [1.165, 1.54) is 4.68 Å². The molecule has 6 nitrogen and oxygen atoms in total. The third-order valence-electron chi connectivity index (χ3n) is 4.37. The molecule has 4 rings (SSSR count). The van der Waals surface area contributed by atoms with Gasteiger partial charge < -0.3 is 4.90 Å². The van der Waals surface area contributed by atoms with Crippen molar-refractivity contribution >= 4 is 17.4 Å². The van der Waals surface area contributed by atoms with Crippen LogP contribution in [0.15, 0.2) is 59.5 Å². The Labute approximate surface area is 154 Å². The molecule has 128 valence electrons. The number of rotatable bonds is 3. The topological polar surface area (TPSA) is 74.8 Å². The highest BCUT2D eigenvalue weighted by molar-refractivity contribution is 6.30. The molecule has 7 heteroatoms. The summed E-state index contributed by atoms with van der Waals surface area (Å²) >= 11 is 5.93. The third-order valence-corrected chi connectivity index (χ3v) is 4.63. The van der Waals surface area contributed by atoms with E-state index in [2.05, 4.69) is 21.1 Å². The molecule has 0 amide bonds. The molecule has 1 saturated heterocycles. The largest absolute Gasteiger partial charge is 0.352 e. The lowest BCUT2D eigenvalue weighted by molar-refractivity contribution is 0.353. The summed E-state index contributed by atoms with van der Waals surface area (Å²) in [5, 5.41) is 14.0. The van der Waals surface area contributed by atoms with E-state index in [-0.39, 0.29) is 11.6 Å². The van der Waals surface area contributed by atoms with Crippen molar-refractivity contribution in [3.05, 3.63) is 75.7 Å². The number of hydrogen-bond acceptors (Lipinski definition) is 5. The highest BCUT2D eigenvalue weighted by Crippen LogP contribution is 2.26. The SMILES string of the molecule is N#Cc1ccc(N2CC(n3nc(-c4ccc(Cl)cc4)ccc3=O)C2)nc1. The quantitative estimate of drug-likeness (QED) is 0.715.